The minimum Gasteiger partial charge on any atom is -0.493 e. The molecule has 0 atom stereocenters. The van der Waals surface area contributed by atoms with Gasteiger partial charge in [-0.05, 0) is 160 Å². The third-order valence-corrected chi connectivity index (χ3v) is 16.1. The summed E-state index contributed by atoms with van der Waals surface area (Å²) in [6.45, 7) is 18.8. The Balaban J connectivity index is 2.33. The lowest BCUT2D eigenvalue weighted by Crippen LogP contribution is -2.09. The smallest absolute Gasteiger partial charge is 0.211 e. The van der Waals surface area contributed by atoms with Gasteiger partial charge in [0.25, 0.3) is 0 Å². The second kappa shape index (κ2) is 40.0. The van der Waals surface area contributed by atoms with E-state index in [1.165, 1.54) is 260 Å². The average molecular weight is 962 g/mol. The summed E-state index contributed by atoms with van der Waals surface area (Å²) in [4.78, 5) is 0. The Morgan fingerprint density at radius 2 is 0.471 bits per heavy atom. The minimum absolute atomic E-state index is 1.04. The van der Waals surface area contributed by atoms with Gasteiger partial charge in [0.05, 0.1) is 0 Å². The molecule has 0 fully saturated rings. The molecule has 0 saturated carbocycles. The van der Waals surface area contributed by atoms with Crippen LogP contribution in [0.2, 0.25) is 0 Å². The fraction of sp³-hybridized carbons (Fsp3) is 0.765. The Bertz CT molecular complexity index is 1670. The van der Waals surface area contributed by atoms with Crippen LogP contribution in [0.5, 0.6) is 0 Å². The van der Waals surface area contributed by atoms with E-state index in [9.17, 15) is 5.53 Å². The van der Waals surface area contributed by atoms with Crippen molar-refractivity contribution in [1.82, 2.24) is 0 Å². The standard InChI is InChI=1S/C68H116N2/c1-9-17-25-32-35-42-50-63-57(45-38-28-20-12-4)53-61(54-58(63)46-39-29-21-13-5)67-65(49-24-16-8)66(52-44-37-34-27-19-11-3)68(70(67)69)62-55-59(47-40-30-22-14-6)64(51-43-36-33-26-18-10-2)60(56-62)48-41-31-23-15-7/h53-56H,9-52H2,1-8H3. The largest absolute Gasteiger partial charge is 0.493 e. The Labute approximate surface area is 437 Å². The molecule has 3 rings (SSSR count). The van der Waals surface area contributed by atoms with Gasteiger partial charge < -0.3 is 5.53 Å². The van der Waals surface area contributed by atoms with Crippen molar-refractivity contribution in [3.63, 3.8) is 0 Å². The zero-order valence-electron chi connectivity index (χ0n) is 48.3. The molecule has 0 radical (unpaired) electrons. The van der Waals surface area contributed by atoms with Crippen LogP contribution < -0.4 is 0 Å². The molecule has 0 aromatic heterocycles. The highest BCUT2D eigenvalue weighted by Crippen LogP contribution is 2.46. The van der Waals surface area contributed by atoms with Crippen molar-refractivity contribution in [2.45, 2.75) is 338 Å². The molecule has 0 unspecified atom stereocenters. The van der Waals surface area contributed by atoms with Crippen LogP contribution in [0, 0.1) is 0 Å². The summed E-state index contributed by atoms with van der Waals surface area (Å²) < 4.78 is 1.80. The normalized spacial score (nSPS) is 13.0. The number of hydrogen-bond acceptors (Lipinski definition) is 0. The number of nitrogens with zero attached hydrogens (tertiary/aromatic N) is 2. The molecule has 2 heteroatoms. The fourth-order valence-electron chi connectivity index (χ4n) is 11.8. The molecule has 1 aliphatic rings. The number of aryl methyl sites for hydroxylation is 4. The highest BCUT2D eigenvalue weighted by atomic mass is 15.2. The summed E-state index contributed by atoms with van der Waals surface area (Å²) in [6, 6.07) is 10.5. The number of hydrogen-bond donors (Lipinski definition) is 0. The molecular weight excluding hydrogens is 845 g/mol. The van der Waals surface area contributed by atoms with Crippen molar-refractivity contribution >= 4 is 11.4 Å². The van der Waals surface area contributed by atoms with Gasteiger partial charge in [-0.25, -0.2) is 4.70 Å². The molecule has 1 heterocycles. The van der Waals surface area contributed by atoms with Crippen LogP contribution in [0.15, 0.2) is 35.4 Å². The van der Waals surface area contributed by atoms with Crippen LogP contribution >= 0.6 is 0 Å². The molecule has 2 nitrogen and oxygen atoms in total. The van der Waals surface area contributed by atoms with Crippen molar-refractivity contribution in [3.8, 4) is 0 Å². The van der Waals surface area contributed by atoms with Gasteiger partial charge in [0.2, 0.25) is 11.4 Å². The SMILES string of the molecule is CCCCCCCCC1=C(c2cc(CCCCCC)c(CCCCCCCC)c(CCCCCC)c2)[N+](=[N-])C(c2cc(CCCCCC)c(CCCCCCCC)c(CCCCCC)c2)=C1CCCC. The molecule has 2 aromatic carbocycles. The molecule has 1 aliphatic heterocycles. The molecule has 0 spiro atoms. The van der Waals surface area contributed by atoms with Gasteiger partial charge in [0.15, 0.2) is 0 Å². The Kier molecular flexibility index (Phi) is 35.3. The lowest BCUT2D eigenvalue weighted by atomic mass is 9.85. The van der Waals surface area contributed by atoms with E-state index in [0.29, 0.717) is 0 Å². The van der Waals surface area contributed by atoms with Gasteiger partial charge in [-0.2, -0.15) is 0 Å². The van der Waals surface area contributed by atoms with Gasteiger partial charge in [-0.3, -0.25) is 0 Å². The summed E-state index contributed by atoms with van der Waals surface area (Å²) in [7, 11) is 0. The molecule has 70 heavy (non-hydrogen) atoms. The quantitative estimate of drug-likeness (QED) is 0.0467. The zero-order valence-corrected chi connectivity index (χ0v) is 48.3. The number of rotatable bonds is 46. The molecule has 0 bridgehead atoms. The maximum Gasteiger partial charge on any atom is 0.211 e. The van der Waals surface area contributed by atoms with E-state index in [-0.39, 0.29) is 0 Å². The lowest BCUT2D eigenvalue weighted by Gasteiger charge is -2.20. The maximum atomic E-state index is 13.4. The van der Waals surface area contributed by atoms with Gasteiger partial charge in [-0.1, -0.05) is 235 Å². The van der Waals surface area contributed by atoms with Crippen molar-refractivity contribution < 1.29 is 4.70 Å². The highest BCUT2D eigenvalue weighted by molar-refractivity contribution is 5.83. The lowest BCUT2D eigenvalue weighted by molar-refractivity contribution is -0.345. The fourth-order valence-corrected chi connectivity index (χ4v) is 11.8. The van der Waals surface area contributed by atoms with Gasteiger partial charge in [0, 0.05) is 22.3 Å². The predicted octanol–water partition coefficient (Wildman–Crippen LogP) is 23.1. The average Bonchev–Trinajstić information content (AvgIpc) is 3.64. The third kappa shape index (κ3) is 22.7. The Morgan fingerprint density at radius 3 is 0.757 bits per heavy atom. The molecule has 0 amide bonds. The monoisotopic (exact) mass is 961 g/mol. The maximum absolute atomic E-state index is 13.4. The van der Waals surface area contributed by atoms with Crippen molar-refractivity contribution in [2.75, 3.05) is 0 Å². The van der Waals surface area contributed by atoms with Crippen LogP contribution in [-0.4, -0.2) is 4.70 Å². The van der Waals surface area contributed by atoms with E-state index >= 15 is 0 Å². The topological polar surface area (TPSA) is 25.3 Å². The van der Waals surface area contributed by atoms with Gasteiger partial charge in [0.1, 0.15) is 0 Å². The molecule has 2 aromatic rings. The number of benzene rings is 2. The van der Waals surface area contributed by atoms with E-state index in [4.69, 9.17) is 0 Å². The summed E-state index contributed by atoms with van der Waals surface area (Å²) in [5, 5.41) is 0. The van der Waals surface area contributed by atoms with Crippen LogP contribution in [0.3, 0.4) is 0 Å². The zero-order chi connectivity index (χ0) is 50.4. The van der Waals surface area contributed by atoms with Gasteiger partial charge >= 0.3 is 0 Å². The van der Waals surface area contributed by atoms with Crippen molar-refractivity contribution in [2.24, 2.45) is 0 Å². The number of allylic oxidation sites excluding steroid dienone is 2. The molecule has 398 valence electrons. The van der Waals surface area contributed by atoms with Gasteiger partial charge in [-0.15, -0.1) is 0 Å². The first kappa shape index (κ1) is 61.8. The first-order chi connectivity index (χ1) is 34.4. The van der Waals surface area contributed by atoms with E-state index in [0.717, 1.165) is 56.3 Å². The van der Waals surface area contributed by atoms with Crippen LogP contribution in [-0.2, 0) is 38.5 Å². The summed E-state index contributed by atoms with van der Waals surface area (Å²) in [6.07, 6.45) is 56.1. The molecule has 0 saturated heterocycles. The van der Waals surface area contributed by atoms with Crippen molar-refractivity contribution in [1.29, 1.82) is 0 Å². The van der Waals surface area contributed by atoms with E-state index in [1.54, 1.807) is 38.1 Å². The Morgan fingerprint density at radius 1 is 0.257 bits per heavy atom. The van der Waals surface area contributed by atoms with E-state index in [1.807, 2.05) is 0 Å². The minimum atomic E-state index is 1.04. The molecule has 0 N–H and O–H groups in total. The van der Waals surface area contributed by atoms with Crippen LogP contribution in [0.1, 0.15) is 344 Å². The summed E-state index contributed by atoms with van der Waals surface area (Å²) in [5.41, 5.74) is 30.9. The summed E-state index contributed by atoms with van der Waals surface area (Å²) >= 11 is 0. The summed E-state index contributed by atoms with van der Waals surface area (Å²) in [5.74, 6) is 0. The Hall–Kier alpha value is -2.48. The van der Waals surface area contributed by atoms with Crippen LogP contribution in [0.25, 0.3) is 16.9 Å². The van der Waals surface area contributed by atoms with Crippen molar-refractivity contribution in [3.05, 3.63) is 85.5 Å². The van der Waals surface area contributed by atoms with Crippen LogP contribution in [0.4, 0.5) is 0 Å². The molecule has 0 aliphatic carbocycles. The third-order valence-electron chi connectivity index (χ3n) is 16.1. The highest BCUT2D eigenvalue weighted by Gasteiger charge is 2.36. The van der Waals surface area contributed by atoms with E-state index in [2.05, 4.69) is 79.7 Å². The first-order valence-corrected chi connectivity index (χ1v) is 31.7. The predicted molar refractivity (Wildman–Crippen MR) is 313 cm³/mol. The second-order valence-corrected chi connectivity index (χ2v) is 22.4. The number of unbranched alkanes of at least 4 members (excludes halogenated alkanes) is 28. The van der Waals surface area contributed by atoms with E-state index < -0.39 is 0 Å². The second-order valence-electron chi connectivity index (χ2n) is 22.4. The molecular formula is C68H116N2. The first-order valence-electron chi connectivity index (χ1n) is 31.7.